The molecule has 0 bridgehead atoms. The summed E-state index contributed by atoms with van der Waals surface area (Å²) in [4.78, 5) is 22.7. The lowest BCUT2D eigenvalue weighted by Crippen LogP contribution is -2.50. The molecule has 1 rings (SSSR count). The highest BCUT2D eigenvalue weighted by atomic mass is 16.5. The van der Waals surface area contributed by atoms with Crippen molar-refractivity contribution in [2.24, 2.45) is 5.41 Å². The lowest BCUT2D eigenvalue weighted by molar-refractivity contribution is -0.123. The Balaban J connectivity index is 2.33. The van der Waals surface area contributed by atoms with Crippen LogP contribution in [0.3, 0.4) is 0 Å². The van der Waals surface area contributed by atoms with Crippen LogP contribution in [0.15, 0.2) is 0 Å². The highest BCUT2D eigenvalue weighted by Crippen LogP contribution is 2.40. The Morgan fingerprint density at radius 3 is 2.44 bits per heavy atom. The average Bonchev–Trinajstić information content (AvgIpc) is 2.31. The number of alkyl carbamates (subject to hydrolysis) is 1. The second kappa shape index (κ2) is 6.58. The van der Waals surface area contributed by atoms with Crippen molar-refractivity contribution in [2.75, 3.05) is 27.4 Å². The van der Waals surface area contributed by atoms with Crippen molar-refractivity contribution in [1.82, 2.24) is 10.6 Å². The summed E-state index contributed by atoms with van der Waals surface area (Å²) < 4.78 is 9.62. The lowest BCUT2D eigenvalue weighted by atomic mass is 9.69. The zero-order chi connectivity index (χ0) is 13.6. The molecular formula is C12H22N2O4. The van der Waals surface area contributed by atoms with Crippen molar-refractivity contribution >= 4 is 12.0 Å². The number of carbonyl (C=O) groups excluding carboxylic acids is 2. The third-order valence-electron chi connectivity index (χ3n) is 3.42. The Labute approximate surface area is 107 Å². The molecule has 6 heteroatoms. The minimum atomic E-state index is -0.604. The summed E-state index contributed by atoms with van der Waals surface area (Å²) in [6.45, 7) is 2.87. The molecule has 0 aromatic rings. The molecule has 0 heterocycles. The van der Waals surface area contributed by atoms with Crippen LogP contribution < -0.4 is 10.6 Å². The van der Waals surface area contributed by atoms with Gasteiger partial charge in [-0.2, -0.15) is 0 Å². The Bertz CT molecular complexity index is 302. The van der Waals surface area contributed by atoms with Crippen LogP contribution in [-0.2, 0) is 14.3 Å². The predicted molar refractivity (Wildman–Crippen MR) is 66.2 cm³/mol. The molecule has 0 aromatic heterocycles. The maximum atomic E-state index is 11.8. The average molecular weight is 258 g/mol. The van der Waals surface area contributed by atoms with Gasteiger partial charge >= 0.3 is 6.09 Å². The van der Waals surface area contributed by atoms with Gasteiger partial charge in [0, 0.05) is 19.1 Å². The van der Waals surface area contributed by atoms with E-state index in [1.54, 1.807) is 14.0 Å². The highest BCUT2D eigenvalue weighted by Gasteiger charge is 2.37. The second-order valence-corrected chi connectivity index (χ2v) is 4.86. The molecule has 0 saturated heterocycles. The van der Waals surface area contributed by atoms with Gasteiger partial charge in [0.25, 0.3) is 0 Å². The smallest absolute Gasteiger partial charge is 0.407 e. The number of ether oxygens (including phenoxy) is 2. The Hall–Kier alpha value is -1.30. The van der Waals surface area contributed by atoms with Crippen LogP contribution in [0, 0.1) is 5.41 Å². The van der Waals surface area contributed by atoms with Crippen molar-refractivity contribution in [3.05, 3.63) is 0 Å². The van der Waals surface area contributed by atoms with E-state index in [2.05, 4.69) is 15.4 Å². The Morgan fingerprint density at radius 1 is 1.33 bits per heavy atom. The quantitative estimate of drug-likeness (QED) is 0.734. The first kappa shape index (κ1) is 14.8. The van der Waals surface area contributed by atoms with E-state index in [1.807, 2.05) is 0 Å². The molecule has 0 radical (unpaired) electrons. The van der Waals surface area contributed by atoms with Gasteiger partial charge in [-0.25, -0.2) is 4.79 Å². The summed E-state index contributed by atoms with van der Waals surface area (Å²) in [7, 11) is 2.94. The summed E-state index contributed by atoms with van der Waals surface area (Å²) >= 11 is 0. The van der Waals surface area contributed by atoms with Gasteiger partial charge in [-0.1, -0.05) is 6.42 Å². The molecule has 0 unspecified atom stereocenters. The molecule has 6 nitrogen and oxygen atoms in total. The number of methoxy groups -OCH3 is 2. The standard InChI is InChI=1S/C12H22N2O4/c1-9(14-11(16)18-3)10(15)13-7-12(8-17-2)5-4-6-12/h9H,4-8H2,1-3H3,(H,13,15)(H,14,16)/t9-/m0/s1. The minimum Gasteiger partial charge on any atom is -0.453 e. The summed E-state index contributed by atoms with van der Waals surface area (Å²) in [5.74, 6) is -0.206. The normalized spacial score (nSPS) is 18.4. The van der Waals surface area contributed by atoms with E-state index in [-0.39, 0.29) is 11.3 Å². The Morgan fingerprint density at radius 2 is 2.00 bits per heavy atom. The van der Waals surface area contributed by atoms with Crippen molar-refractivity contribution in [3.63, 3.8) is 0 Å². The maximum Gasteiger partial charge on any atom is 0.407 e. The van der Waals surface area contributed by atoms with Gasteiger partial charge in [-0.15, -0.1) is 0 Å². The molecule has 1 fully saturated rings. The summed E-state index contributed by atoms with van der Waals surface area (Å²) in [5, 5.41) is 5.28. The van der Waals surface area contributed by atoms with Crippen molar-refractivity contribution < 1.29 is 19.1 Å². The SMILES string of the molecule is COCC1(CNC(=O)[C@H](C)NC(=O)OC)CCC1. The molecular weight excluding hydrogens is 236 g/mol. The molecule has 104 valence electrons. The predicted octanol–water partition coefficient (Wildman–Crippen LogP) is 0.664. The lowest BCUT2D eigenvalue weighted by Gasteiger charge is -2.41. The van der Waals surface area contributed by atoms with Gasteiger partial charge in [0.15, 0.2) is 0 Å². The van der Waals surface area contributed by atoms with E-state index in [9.17, 15) is 9.59 Å². The minimum absolute atomic E-state index is 0.0788. The van der Waals surface area contributed by atoms with Gasteiger partial charge in [0.2, 0.25) is 5.91 Å². The summed E-state index contributed by atoms with van der Waals surface area (Å²) in [5.41, 5.74) is 0.0788. The highest BCUT2D eigenvalue weighted by molar-refractivity contribution is 5.85. The van der Waals surface area contributed by atoms with Gasteiger partial charge in [0.05, 0.1) is 13.7 Å². The van der Waals surface area contributed by atoms with Crippen LogP contribution in [0.4, 0.5) is 4.79 Å². The third kappa shape index (κ3) is 3.87. The number of hydrogen-bond acceptors (Lipinski definition) is 4. The fourth-order valence-electron chi connectivity index (χ4n) is 2.08. The third-order valence-corrected chi connectivity index (χ3v) is 3.42. The molecule has 1 aliphatic carbocycles. The monoisotopic (exact) mass is 258 g/mol. The molecule has 1 aliphatic rings. The molecule has 0 spiro atoms. The fraction of sp³-hybridized carbons (Fsp3) is 0.833. The summed E-state index contributed by atoms with van der Waals surface area (Å²) in [6, 6.07) is -0.600. The largest absolute Gasteiger partial charge is 0.453 e. The number of hydrogen-bond donors (Lipinski definition) is 2. The van der Waals surface area contributed by atoms with Crippen LogP contribution in [0.2, 0.25) is 0 Å². The van der Waals surface area contributed by atoms with E-state index < -0.39 is 12.1 Å². The first-order valence-electron chi connectivity index (χ1n) is 6.14. The molecule has 18 heavy (non-hydrogen) atoms. The van der Waals surface area contributed by atoms with E-state index in [0.717, 1.165) is 12.8 Å². The molecule has 1 atom stereocenters. The topological polar surface area (TPSA) is 76.7 Å². The van der Waals surface area contributed by atoms with Crippen LogP contribution in [0.25, 0.3) is 0 Å². The van der Waals surface area contributed by atoms with Crippen LogP contribution in [0.1, 0.15) is 26.2 Å². The van der Waals surface area contributed by atoms with Gasteiger partial charge in [-0.3, -0.25) is 4.79 Å². The van der Waals surface area contributed by atoms with Crippen LogP contribution in [0.5, 0.6) is 0 Å². The molecule has 2 N–H and O–H groups in total. The fourth-order valence-corrected chi connectivity index (χ4v) is 2.08. The van der Waals surface area contributed by atoms with E-state index >= 15 is 0 Å². The number of nitrogens with one attached hydrogen (secondary N) is 2. The molecule has 0 aromatic carbocycles. The van der Waals surface area contributed by atoms with Gasteiger partial charge in [0.1, 0.15) is 6.04 Å². The van der Waals surface area contributed by atoms with Gasteiger partial charge in [-0.05, 0) is 19.8 Å². The van der Waals surface area contributed by atoms with Crippen LogP contribution in [-0.4, -0.2) is 45.4 Å². The van der Waals surface area contributed by atoms with Crippen LogP contribution >= 0.6 is 0 Å². The molecule has 1 saturated carbocycles. The molecule has 2 amide bonds. The van der Waals surface area contributed by atoms with Gasteiger partial charge < -0.3 is 20.1 Å². The van der Waals surface area contributed by atoms with E-state index in [0.29, 0.717) is 13.2 Å². The molecule has 0 aliphatic heterocycles. The van der Waals surface area contributed by atoms with Crippen molar-refractivity contribution in [2.45, 2.75) is 32.2 Å². The number of rotatable bonds is 6. The first-order valence-corrected chi connectivity index (χ1v) is 6.14. The maximum absolute atomic E-state index is 11.8. The number of amides is 2. The summed E-state index contributed by atoms with van der Waals surface area (Å²) in [6.07, 6.45) is 2.71. The number of carbonyl (C=O) groups is 2. The van der Waals surface area contributed by atoms with Crippen molar-refractivity contribution in [3.8, 4) is 0 Å². The second-order valence-electron chi connectivity index (χ2n) is 4.86. The first-order chi connectivity index (χ1) is 8.53. The van der Waals surface area contributed by atoms with E-state index in [4.69, 9.17) is 4.74 Å². The zero-order valence-electron chi connectivity index (χ0n) is 11.2. The Kier molecular flexibility index (Phi) is 5.40. The van der Waals surface area contributed by atoms with E-state index in [1.165, 1.54) is 13.5 Å². The van der Waals surface area contributed by atoms with Crippen molar-refractivity contribution in [1.29, 1.82) is 0 Å². The zero-order valence-corrected chi connectivity index (χ0v) is 11.2.